The van der Waals surface area contributed by atoms with Crippen molar-refractivity contribution in [2.24, 2.45) is 0 Å². The molecular formula is C16H17Cl2NO. The number of nitrogens with one attached hydrogen (secondary N) is 1. The van der Waals surface area contributed by atoms with E-state index in [9.17, 15) is 5.11 Å². The van der Waals surface area contributed by atoms with Gasteiger partial charge in [-0.2, -0.15) is 0 Å². The highest BCUT2D eigenvalue weighted by Gasteiger charge is 2.10. The summed E-state index contributed by atoms with van der Waals surface area (Å²) in [6, 6.07) is 9.41. The van der Waals surface area contributed by atoms with Gasteiger partial charge in [0.05, 0.1) is 10.0 Å². The van der Waals surface area contributed by atoms with E-state index < -0.39 is 0 Å². The van der Waals surface area contributed by atoms with E-state index in [0.29, 0.717) is 15.8 Å². The first-order valence-corrected chi connectivity index (χ1v) is 7.15. The summed E-state index contributed by atoms with van der Waals surface area (Å²) in [4.78, 5) is 0. The van der Waals surface area contributed by atoms with Gasteiger partial charge in [-0.05, 0) is 61.7 Å². The molecule has 1 unspecified atom stereocenters. The SMILES string of the molecule is Cc1cc(NC(C)c2ccc(Cl)c(Cl)c2)c(C)cc1O. The normalized spacial score (nSPS) is 12.2. The Morgan fingerprint density at radius 3 is 2.35 bits per heavy atom. The van der Waals surface area contributed by atoms with Crippen molar-refractivity contribution in [1.29, 1.82) is 0 Å². The lowest BCUT2D eigenvalue weighted by Gasteiger charge is -2.19. The van der Waals surface area contributed by atoms with Gasteiger partial charge in [0, 0.05) is 11.7 Å². The number of benzene rings is 2. The number of phenolic OH excluding ortho intramolecular Hbond substituents is 1. The molecule has 0 aliphatic heterocycles. The highest BCUT2D eigenvalue weighted by molar-refractivity contribution is 6.42. The van der Waals surface area contributed by atoms with Crippen molar-refractivity contribution >= 4 is 28.9 Å². The van der Waals surface area contributed by atoms with E-state index in [4.69, 9.17) is 23.2 Å². The van der Waals surface area contributed by atoms with Crippen LogP contribution in [-0.2, 0) is 0 Å². The first-order chi connectivity index (χ1) is 9.38. The fraction of sp³-hybridized carbons (Fsp3) is 0.250. The summed E-state index contributed by atoms with van der Waals surface area (Å²) in [6.07, 6.45) is 0. The summed E-state index contributed by atoms with van der Waals surface area (Å²) in [5.41, 5.74) is 3.91. The molecule has 0 fully saturated rings. The molecule has 2 N–H and O–H groups in total. The summed E-state index contributed by atoms with van der Waals surface area (Å²) < 4.78 is 0. The fourth-order valence-corrected chi connectivity index (χ4v) is 2.36. The summed E-state index contributed by atoms with van der Waals surface area (Å²) >= 11 is 12.0. The molecule has 0 aromatic heterocycles. The largest absolute Gasteiger partial charge is 0.508 e. The first kappa shape index (κ1) is 15.0. The highest BCUT2D eigenvalue weighted by Crippen LogP contribution is 2.30. The van der Waals surface area contributed by atoms with Crippen LogP contribution in [0.25, 0.3) is 0 Å². The predicted molar refractivity (Wildman–Crippen MR) is 86.1 cm³/mol. The Bertz CT molecular complexity index is 641. The maximum Gasteiger partial charge on any atom is 0.118 e. The minimum atomic E-state index is 0.0902. The number of phenols is 1. The number of aryl methyl sites for hydroxylation is 2. The Hall–Kier alpha value is -1.38. The maximum atomic E-state index is 9.68. The van der Waals surface area contributed by atoms with Gasteiger partial charge in [0.15, 0.2) is 0 Å². The van der Waals surface area contributed by atoms with Crippen LogP contribution in [-0.4, -0.2) is 5.11 Å². The molecule has 0 heterocycles. The summed E-state index contributed by atoms with van der Waals surface area (Å²) in [7, 11) is 0. The number of anilines is 1. The van der Waals surface area contributed by atoms with E-state index in [1.54, 1.807) is 12.1 Å². The second kappa shape index (κ2) is 5.94. The van der Waals surface area contributed by atoms with Crippen molar-refractivity contribution in [1.82, 2.24) is 0 Å². The smallest absolute Gasteiger partial charge is 0.118 e. The molecule has 0 bridgehead atoms. The zero-order valence-corrected chi connectivity index (χ0v) is 13.2. The topological polar surface area (TPSA) is 32.3 Å². The van der Waals surface area contributed by atoms with Gasteiger partial charge in [-0.1, -0.05) is 29.3 Å². The second-order valence-electron chi connectivity index (χ2n) is 4.99. The van der Waals surface area contributed by atoms with Crippen LogP contribution in [0.3, 0.4) is 0 Å². The van der Waals surface area contributed by atoms with Crippen molar-refractivity contribution in [2.75, 3.05) is 5.32 Å². The molecule has 2 nitrogen and oxygen atoms in total. The Morgan fingerprint density at radius 2 is 1.70 bits per heavy atom. The molecule has 0 saturated heterocycles. The number of hydrogen-bond acceptors (Lipinski definition) is 2. The molecule has 1 atom stereocenters. The molecule has 0 amide bonds. The fourth-order valence-electron chi connectivity index (χ4n) is 2.05. The van der Waals surface area contributed by atoms with Crippen LogP contribution in [0.1, 0.15) is 29.7 Å². The predicted octanol–water partition coefficient (Wildman–Crippen LogP) is 5.49. The van der Waals surface area contributed by atoms with Crippen molar-refractivity contribution in [3.63, 3.8) is 0 Å². The Kier molecular flexibility index (Phi) is 4.46. The summed E-state index contributed by atoms with van der Waals surface area (Å²) in [6.45, 7) is 5.90. The molecule has 0 spiro atoms. The van der Waals surface area contributed by atoms with E-state index in [1.807, 2.05) is 32.0 Å². The third-order valence-corrected chi connectivity index (χ3v) is 4.10. The van der Waals surface area contributed by atoms with Crippen LogP contribution in [0.15, 0.2) is 30.3 Å². The third-order valence-electron chi connectivity index (χ3n) is 3.36. The molecule has 4 heteroatoms. The quantitative estimate of drug-likeness (QED) is 0.735. The molecule has 2 aromatic rings. The lowest BCUT2D eigenvalue weighted by atomic mass is 10.1. The van der Waals surface area contributed by atoms with Gasteiger partial charge in [0.25, 0.3) is 0 Å². The Balaban J connectivity index is 2.25. The standard InChI is InChI=1S/C16H17Cl2NO/c1-9-7-16(20)10(2)6-15(9)19-11(3)12-4-5-13(17)14(18)8-12/h4-8,11,19-20H,1-3H3. The average Bonchev–Trinajstić information content (AvgIpc) is 2.39. The number of aromatic hydroxyl groups is 1. The van der Waals surface area contributed by atoms with Crippen molar-refractivity contribution in [3.05, 3.63) is 57.1 Å². The van der Waals surface area contributed by atoms with Gasteiger partial charge < -0.3 is 10.4 Å². The van der Waals surface area contributed by atoms with Gasteiger partial charge in [-0.3, -0.25) is 0 Å². The van der Waals surface area contributed by atoms with Gasteiger partial charge >= 0.3 is 0 Å². The van der Waals surface area contributed by atoms with E-state index >= 15 is 0 Å². The van der Waals surface area contributed by atoms with E-state index in [2.05, 4.69) is 12.2 Å². The average molecular weight is 310 g/mol. The Labute approximate surface area is 129 Å². The van der Waals surface area contributed by atoms with Crippen LogP contribution in [0.5, 0.6) is 5.75 Å². The lowest BCUT2D eigenvalue weighted by Crippen LogP contribution is -2.08. The van der Waals surface area contributed by atoms with Gasteiger partial charge in [0.1, 0.15) is 5.75 Å². The third kappa shape index (κ3) is 3.20. The van der Waals surface area contributed by atoms with Gasteiger partial charge in [-0.25, -0.2) is 0 Å². The monoisotopic (exact) mass is 309 g/mol. The van der Waals surface area contributed by atoms with E-state index in [1.165, 1.54) is 0 Å². The van der Waals surface area contributed by atoms with Gasteiger partial charge in [0.2, 0.25) is 0 Å². The molecule has 2 aromatic carbocycles. The first-order valence-electron chi connectivity index (χ1n) is 6.40. The molecule has 2 rings (SSSR count). The number of rotatable bonds is 3. The number of halogens is 2. The molecule has 0 aliphatic carbocycles. The van der Waals surface area contributed by atoms with Crippen LogP contribution in [0.4, 0.5) is 5.69 Å². The summed E-state index contributed by atoms with van der Waals surface area (Å²) in [5.74, 6) is 0.315. The van der Waals surface area contributed by atoms with Crippen LogP contribution in [0.2, 0.25) is 10.0 Å². The molecule has 0 saturated carbocycles. The van der Waals surface area contributed by atoms with Crippen molar-refractivity contribution < 1.29 is 5.11 Å². The van der Waals surface area contributed by atoms with Crippen LogP contribution in [0, 0.1) is 13.8 Å². The van der Waals surface area contributed by atoms with Crippen molar-refractivity contribution in [3.8, 4) is 5.75 Å². The van der Waals surface area contributed by atoms with E-state index in [0.717, 1.165) is 22.4 Å². The minimum absolute atomic E-state index is 0.0902. The number of hydrogen-bond donors (Lipinski definition) is 2. The molecule has 106 valence electrons. The highest BCUT2D eigenvalue weighted by atomic mass is 35.5. The van der Waals surface area contributed by atoms with Gasteiger partial charge in [-0.15, -0.1) is 0 Å². The van der Waals surface area contributed by atoms with E-state index in [-0.39, 0.29) is 6.04 Å². The molecule has 20 heavy (non-hydrogen) atoms. The minimum Gasteiger partial charge on any atom is -0.508 e. The maximum absolute atomic E-state index is 9.68. The second-order valence-corrected chi connectivity index (χ2v) is 5.81. The van der Waals surface area contributed by atoms with Crippen molar-refractivity contribution in [2.45, 2.75) is 26.8 Å². The Morgan fingerprint density at radius 1 is 1.00 bits per heavy atom. The van der Waals surface area contributed by atoms with Crippen LogP contribution >= 0.6 is 23.2 Å². The lowest BCUT2D eigenvalue weighted by molar-refractivity contribution is 0.470. The van der Waals surface area contributed by atoms with Crippen LogP contribution < -0.4 is 5.32 Å². The summed E-state index contributed by atoms with van der Waals surface area (Å²) in [5, 5.41) is 14.2. The zero-order valence-electron chi connectivity index (χ0n) is 11.7. The zero-order chi connectivity index (χ0) is 14.9. The molecular weight excluding hydrogens is 293 g/mol. The molecule has 0 aliphatic rings. The molecule has 0 radical (unpaired) electrons.